The second-order valence-corrected chi connectivity index (χ2v) is 5.72. The van der Waals surface area contributed by atoms with Gasteiger partial charge >= 0.3 is 0 Å². The summed E-state index contributed by atoms with van der Waals surface area (Å²) in [5.74, 6) is -0.0869. The van der Waals surface area contributed by atoms with E-state index in [0.717, 1.165) is 25.9 Å². The summed E-state index contributed by atoms with van der Waals surface area (Å²) in [6.07, 6.45) is 2.07. The van der Waals surface area contributed by atoms with Gasteiger partial charge in [-0.25, -0.2) is 0 Å². The summed E-state index contributed by atoms with van der Waals surface area (Å²) in [6, 6.07) is 0.763. The molecule has 104 valence electrons. The van der Waals surface area contributed by atoms with E-state index in [9.17, 15) is 4.79 Å². The van der Waals surface area contributed by atoms with Crippen molar-refractivity contribution < 1.29 is 9.53 Å². The number of rotatable bonds is 3. The highest BCUT2D eigenvalue weighted by Crippen LogP contribution is 2.16. The van der Waals surface area contributed by atoms with E-state index in [-0.39, 0.29) is 17.9 Å². The second kappa shape index (κ2) is 5.99. The Bertz CT molecular complexity index is 288. The first kappa shape index (κ1) is 13.8. The highest BCUT2D eigenvalue weighted by molar-refractivity contribution is 5.80. The summed E-state index contributed by atoms with van der Waals surface area (Å²) in [7, 11) is 0. The molecule has 5 nitrogen and oxygen atoms in total. The van der Waals surface area contributed by atoms with E-state index in [2.05, 4.69) is 24.1 Å². The molecule has 5 heteroatoms. The molecule has 3 N–H and O–H groups in total. The molecule has 2 fully saturated rings. The highest BCUT2D eigenvalue weighted by atomic mass is 16.5. The van der Waals surface area contributed by atoms with Crippen LogP contribution < -0.4 is 11.1 Å². The molecule has 18 heavy (non-hydrogen) atoms. The van der Waals surface area contributed by atoms with E-state index in [1.165, 1.54) is 0 Å². The number of carbonyl (C=O) groups is 1. The zero-order chi connectivity index (χ0) is 13.1. The fourth-order valence-corrected chi connectivity index (χ4v) is 2.71. The molecule has 2 saturated heterocycles. The van der Waals surface area contributed by atoms with Crippen molar-refractivity contribution in [2.24, 2.45) is 11.7 Å². The number of likely N-dealkylation sites (tertiary alicyclic amines) is 1. The van der Waals surface area contributed by atoms with Crippen LogP contribution in [0.25, 0.3) is 0 Å². The van der Waals surface area contributed by atoms with E-state index < -0.39 is 0 Å². The quantitative estimate of drug-likeness (QED) is 0.742. The number of nitrogens with two attached hydrogens (primary N) is 1. The minimum Gasteiger partial charge on any atom is -0.379 e. The first-order valence-electron chi connectivity index (χ1n) is 6.95. The van der Waals surface area contributed by atoms with Gasteiger partial charge in [0.25, 0.3) is 0 Å². The van der Waals surface area contributed by atoms with Crippen molar-refractivity contribution in [1.29, 1.82) is 0 Å². The molecule has 0 aromatic heterocycles. The zero-order valence-electron chi connectivity index (χ0n) is 11.4. The molecule has 0 spiro atoms. The summed E-state index contributed by atoms with van der Waals surface area (Å²) in [4.78, 5) is 14.5. The van der Waals surface area contributed by atoms with Crippen molar-refractivity contribution in [1.82, 2.24) is 10.2 Å². The van der Waals surface area contributed by atoms with Crippen LogP contribution in [-0.2, 0) is 9.53 Å². The van der Waals surface area contributed by atoms with Crippen LogP contribution in [-0.4, -0.2) is 55.2 Å². The highest BCUT2D eigenvalue weighted by Gasteiger charge is 2.33. The first-order valence-corrected chi connectivity index (χ1v) is 6.95. The largest absolute Gasteiger partial charge is 0.379 e. The minimum atomic E-state index is -0.159. The van der Waals surface area contributed by atoms with Crippen LogP contribution in [0, 0.1) is 5.92 Å². The fourth-order valence-electron chi connectivity index (χ4n) is 2.71. The molecule has 2 rings (SSSR count). The SMILES string of the molecule is CC(C)N1CCC(NC(=O)C2COCC2N)CC1. The van der Waals surface area contributed by atoms with E-state index in [4.69, 9.17) is 10.5 Å². The normalized spacial score (nSPS) is 30.9. The zero-order valence-corrected chi connectivity index (χ0v) is 11.4. The number of hydrogen-bond donors (Lipinski definition) is 2. The van der Waals surface area contributed by atoms with Crippen LogP contribution in [0.3, 0.4) is 0 Å². The molecule has 0 bridgehead atoms. The van der Waals surface area contributed by atoms with E-state index in [1.54, 1.807) is 0 Å². The number of piperidine rings is 1. The standard InChI is InChI=1S/C13H25N3O2/c1-9(2)16-5-3-10(4-6-16)15-13(17)11-7-18-8-12(11)14/h9-12H,3-8,14H2,1-2H3,(H,15,17). The monoisotopic (exact) mass is 255 g/mol. The van der Waals surface area contributed by atoms with Gasteiger partial charge in [0.2, 0.25) is 5.91 Å². The van der Waals surface area contributed by atoms with E-state index in [1.807, 2.05) is 0 Å². The molecule has 2 aliphatic heterocycles. The van der Waals surface area contributed by atoms with Crippen molar-refractivity contribution in [2.75, 3.05) is 26.3 Å². The van der Waals surface area contributed by atoms with Gasteiger partial charge in [0.05, 0.1) is 19.1 Å². The Morgan fingerprint density at radius 2 is 2.00 bits per heavy atom. The molecule has 0 saturated carbocycles. The van der Waals surface area contributed by atoms with Crippen LogP contribution in [0.1, 0.15) is 26.7 Å². The van der Waals surface area contributed by atoms with Gasteiger partial charge in [0, 0.05) is 31.2 Å². The first-order chi connectivity index (χ1) is 8.58. The third kappa shape index (κ3) is 3.22. The summed E-state index contributed by atoms with van der Waals surface area (Å²) >= 11 is 0. The summed E-state index contributed by atoms with van der Waals surface area (Å²) in [6.45, 7) is 7.54. The smallest absolute Gasteiger partial charge is 0.227 e. The Morgan fingerprint density at radius 1 is 1.33 bits per heavy atom. The predicted octanol–water partition coefficient (Wildman–Crippen LogP) is -0.0509. The Morgan fingerprint density at radius 3 is 2.50 bits per heavy atom. The molecule has 0 aromatic rings. The number of nitrogens with zero attached hydrogens (tertiary/aromatic N) is 1. The average molecular weight is 255 g/mol. The third-order valence-corrected chi connectivity index (χ3v) is 4.07. The van der Waals surface area contributed by atoms with Crippen molar-refractivity contribution in [3.63, 3.8) is 0 Å². The number of nitrogens with one attached hydrogen (secondary N) is 1. The summed E-state index contributed by atoms with van der Waals surface area (Å²) in [5, 5.41) is 3.13. The lowest BCUT2D eigenvalue weighted by Gasteiger charge is -2.35. The molecular weight excluding hydrogens is 230 g/mol. The van der Waals surface area contributed by atoms with Crippen LogP contribution >= 0.6 is 0 Å². The van der Waals surface area contributed by atoms with Gasteiger partial charge in [-0.15, -0.1) is 0 Å². The van der Waals surface area contributed by atoms with Crippen LogP contribution in [0.5, 0.6) is 0 Å². The summed E-state index contributed by atoms with van der Waals surface area (Å²) < 4.78 is 5.23. The predicted molar refractivity (Wildman–Crippen MR) is 70.2 cm³/mol. The number of ether oxygens (including phenoxy) is 1. The Labute approximate surface area is 109 Å². The molecule has 2 aliphatic rings. The van der Waals surface area contributed by atoms with Gasteiger partial charge in [-0.3, -0.25) is 4.79 Å². The van der Waals surface area contributed by atoms with E-state index >= 15 is 0 Å². The lowest BCUT2D eigenvalue weighted by molar-refractivity contribution is -0.126. The molecule has 2 unspecified atom stereocenters. The molecule has 1 amide bonds. The Kier molecular flexibility index (Phi) is 4.59. The van der Waals surface area contributed by atoms with Crippen molar-refractivity contribution in [2.45, 2.75) is 44.8 Å². The van der Waals surface area contributed by atoms with Crippen molar-refractivity contribution in [3.8, 4) is 0 Å². The maximum absolute atomic E-state index is 12.1. The molecule has 2 atom stereocenters. The average Bonchev–Trinajstić information content (AvgIpc) is 2.76. The number of carbonyl (C=O) groups excluding carboxylic acids is 1. The van der Waals surface area contributed by atoms with Gasteiger partial charge in [0.1, 0.15) is 0 Å². The van der Waals surface area contributed by atoms with Crippen LogP contribution in [0.15, 0.2) is 0 Å². The number of hydrogen-bond acceptors (Lipinski definition) is 4. The molecular formula is C13H25N3O2. The van der Waals surface area contributed by atoms with Gasteiger partial charge in [-0.05, 0) is 26.7 Å². The summed E-state index contributed by atoms with van der Waals surface area (Å²) in [5.41, 5.74) is 5.85. The maximum Gasteiger partial charge on any atom is 0.227 e. The van der Waals surface area contributed by atoms with Crippen molar-refractivity contribution in [3.05, 3.63) is 0 Å². The number of amides is 1. The van der Waals surface area contributed by atoms with Crippen LogP contribution in [0.2, 0.25) is 0 Å². The van der Waals surface area contributed by atoms with Gasteiger partial charge in [0.15, 0.2) is 0 Å². The molecule has 0 aliphatic carbocycles. The molecule has 0 radical (unpaired) electrons. The lowest BCUT2D eigenvalue weighted by Crippen LogP contribution is -2.50. The van der Waals surface area contributed by atoms with Gasteiger partial charge in [-0.2, -0.15) is 0 Å². The van der Waals surface area contributed by atoms with Crippen molar-refractivity contribution >= 4 is 5.91 Å². The molecule has 2 heterocycles. The third-order valence-electron chi connectivity index (χ3n) is 4.07. The second-order valence-electron chi connectivity index (χ2n) is 5.72. The van der Waals surface area contributed by atoms with Gasteiger partial charge in [-0.1, -0.05) is 0 Å². The Hall–Kier alpha value is -0.650. The fraction of sp³-hybridized carbons (Fsp3) is 0.923. The van der Waals surface area contributed by atoms with E-state index in [0.29, 0.717) is 25.3 Å². The topological polar surface area (TPSA) is 67.6 Å². The minimum absolute atomic E-state index is 0.0722. The Balaban J connectivity index is 1.76. The lowest BCUT2D eigenvalue weighted by atomic mass is 10.00. The molecule has 0 aromatic carbocycles. The van der Waals surface area contributed by atoms with Gasteiger partial charge < -0.3 is 20.7 Å². The van der Waals surface area contributed by atoms with Crippen LogP contribution in [0.4, 0.5) is 0 Å². The maximum atomic E-state index is 12.1.